The number of rotatable bonds is 6. The molecule has 0 unspecified atom stereocenters. The van der Waals surface area contributed by atoms with Crippen molar-refractivity contribution in [1.82, 2.24) is 19.7 Å². The van der Waals surface area contributed by atoms with Gasteiger partial charge in [-0.1, -0.05) is 42.4 Å². The van der Waals surface area contributed by atoms with Gasteiger partial charge in [0.2, 0.25) is 5.89 Å². The van der Waals surface area contributed by atoms with Crippen molar-refractivity contribution in [3.63, 3.8) is 0 Å². The van der Waals surface area contributed by atoms with Gasteiger partial charge >= 0.3 is 0 Å². The molecule has 5 nitrogen and oxygen atoms in total. The van der Waals surface area contributed by atoms with Crippen LogP contribution in [0, 0.1) is 5.92 Å². The van der Waals surface area contributed by atoms with Crippen LogP contribution < -0.4 is 0 Å². The summed E-state index contributed by atoms with van der Waals surface area (Å²) in [5.41, 5.74) is 1.95. The van der Waals surface area contributed by atoms with Crippen LogP contribution in [0.3, 0.4) is 0 Å². The molecule has 3 rings (SSSR count). The van der Waals surface area contributed by atoms with Crippen molar-refractivity contribution in [2.45, 2.75) is 37.6 Å². The molecule has 23 heavy (non-hydrogen) atoms. The molecule has 1 aromatic carbocycles. The standard InChI is InChI=1S/C16H19ClN4OS/c1-10(2)4-7-14-19-15(22-20-14)9-23-16-18-12-8-11(17)5-6-13(12)21(16)3/h5-6,8,10H,4,7,9H2,1-3H3. The molecule has 0 saturated carbocycles. The number of aromatic nitrogens is 4. The smallest absolute Gasteiger partial charge is 0.237 e. The molecule has 122 valence electrons. The minimum atomic E-state index is 0.611. The highest BCUT2D eigenvalue weighted by Gasteiger charge is 2.12. The minimum Gasteiger partial charge on any atom is -0.338 e. The number of hydrogen-bond acceptors (Lipinski definition) is 5. The van der Waals surface area contributed by atoms with Crippen LogP contribution in [0.15, 0.2) is 27.9 Å². The van der Waals surface area contributed by atoms with Crippen LogP contribution >= 0.6 is 23.4 Å². The summed E-state index contributed by atoms with van der Waals surface area (Å²) in [6.45, 7) is 4.38. The van der Waals surface area contributed by atoms with Gasteiger partial charge in [0, 0.05) is 18.5 Å². The van der Waals surface area contributed by atoms with Gasteiger partial charge in [-0.15, -0.1) is 0 Å². The first-order chi connectivity index (χ1) is 11.0. The molecule has 0 N–H and O–H groups in total. The maximum atomic E-state index is 6.02. The zero-order chi connectivity index (χ0) is 16.4. The highest BCUT2D eigenvalue weighted by Crippen LogP contribution is 2.27. The van der Waals surface area contributed by atoms with E-state index in [0.717, 1.165) is 34.9 Å². The summed E-state index contributed by atoms with van der Waals surface area (Å²) in [4.78, 5) is 9.04. The summed E-state index contributed by atoms with van der Waals surface area (Å²) in [6.07, 6.45) is 1.92. The van der Waals surface area contributed by atoms with Crippen LogP contribution in [-0.2, 0) is 19.2 Å². The highest BCUT2D eigenvalue weighted by molar-refractivity contribution is 7.98. The lowest BCUT2D eigenvalue weighted by molar-refractivity contribution is 0.383. The third-order valence-corrected chi connectivity index (χ3v) is 4.83. The van der Waals surface area contributed by atoms with E-state index < -0.39 is 0 Å². The van der Waals surface area contributed by atoms with Crippen molar-refractivity contribution < 1.29 is 4.52 Å². The third kappa shape index (κ3) is 3.87. The monoisotopic (exact) mass is 350 g/mol. The molecule has 3 aromatic rings. The predicted octanol–water partition coefficient (Wildman–Crippen LogP) is 4.49. The molecular formula is C16H19ClN4OS. The molecule has 0 aliphatic carbocycles. The van der Waals surface area contributed by atoms with Crippen molar-refractivity contribution in [1.29, 1.82) is 0 Å². The number of imidazole rings is 1. The topological polar surface area (TPSA) is 56.7 Å². The summed E-state index contributed by atoms with van der Waals surface area (Å²) in [5, 5.41) is 5.63. The first-order valence-electron chi connectivity index (χ1n) is 7.59. The molecule has 0 radical (unpaired) electrons. The fourth-order valence-corrected chi connectivity index (χ4v) is 3.27. The van der Waals surface area contributed by atoms with E-state index >= 15 is 0 Å². The van der Waals surface area contributed by atoms with E-state index in [2.05, 4.69) is 29.0 Å². The Morgan fingerprint density at radius 2 is 2.13 bits per heavy atom. The number of hydrogen-bond donors (Lipinski definition) is 0. The van der Waals surface area contributed by atoms with Crippen LogP contribution in [0.2, 0.25) is 5.02 Å². The quantitative estimate of drug-likeness (QED) is 0.613. The van der Waals surface area contributed by atoms with E-state index in [9.17, 15) is 0 Å². The van der Waals surface area contributed by atoms with Crippen LogP contribution in [0.5, 0.6) is 0 Å². The molecular weight excluding hydrogens is 332 g/mol. The fraction of sp³-hybridized carbons (Fsp3) is 0.438. The van der Waals surface area contributed by atoms with Gasteiger partial charge in [-0.2, -0.15) is 4.98 Å². The number of aryl methyl sites for hydroxylation is 2. The molecule has 0 bridgehead atoms. The van der Waals surface area contributed by atoms with E-state index in [4.69, 9.17) is 16.1 Å². The lowest BCUT2D eigenvalue weighted by Crippen LogP contribution is -1.94. The van der Waals surface area contributed by atoms with Gasteiger partial charge in [0.05, 0.1) is 16.8 Å². The number of nitrogens with zero attached hydrogens (tertiary/aromatic N) is 4. The second-order valence-electron chi connectivity index (χ2n) is 5.91. The maximum absolute atomic E-state index is 6.02. The van der Waals surface area contributed by atoms with Gasteiger partial charge in [-0.05, 0) is 30.5 Å². The first-order valence-corrected chi connectivity index (χ1v) is 8.95. The Morgan fingerprint density at radius 1 is 1.30 bits per heavy atom. The molecule has 0 aliphatic rings. The second kappa shape index (κ2) is 6.93. The SMILES string of the molecule is CC(C)CCc1noc(CSc2nc3cc(Cl)ccc3n2C)n1. The number of benzene rings is 1. The summed E-state index contributed by atoms with van der Waals surface area (Å²) < 4.78 is 7.36. The number of fused-ring (bicyclic) bond motifs is 1. The maximum Gasteiger partial charge on any atom is 0.237 e. The molecule has 0 atom stereocenters. The molecule has 2 heterocycles. The van der Waals surface area contributed by atoms with Crippen molar-refractivity contribution >= 4 is 34.4 Å². The number of thioether (sulfide) groups is 1. The van der Waals surface area contributed by atoms with Crippen molar-refractivity contribution in [3.8, 4) is 0 Å². The summed E-state index contributed by atoms with van der Waals surface area (Å²) >= 11 is 7.60. The van der Waals surface area contributed by atoms with E-state index in [1.807, 2.05) is 29.8 Å². The zero-order valence-corrected chi connectivity index (χ0v) is 15.0. The Labute approximate surface area is 144 Å². The summed E-state index contributed by atoms with van der Waals surface area (Å²) in [7, 11) is 1.99. The highest BCUT2D eigenvalue weighted by atomic mass is 35.5. The molecule has 0 fully saturated rings. The molecule has 0 aliphatic heterocycles. The van der Waals surface area contributed by atoms with Crippen molar-refractivity contribution in [3.05, 3.63) is 34.9 Å². The second-order valence-corrected chi connectivity index (χ2v) is 7.29. The third-order valence-electron chi connectivity index (χ3n) is 3.58. The number of halogens is 1. The lowest BCUT2D eigenvalue weighted by atomic mass is 10.1. The zero-order valence-electron chi connectivity index (χ0n) is 13.4. The largest absolute Gasteiger partial charge is 0.338 e. The normalized spacial score (nSPS) is 11.7. The Morgan fingerprint density at radius 3 is 2.91 bits per heavy atom. The van der Waals surface area contributed by atoms with Crippen LogP contribution in [-0.4, -0.2) is 19.7 Å². The summed E-state index contributed by atoms with van der Waals surface area (Å²) in [6, 6.07) is 5.72. The van der Waals surface area contributed by atoms with Crippen LogP contribution in [0.1, 0.15) is 32.0 Å². The fourth-order valence-electron chi connectivity index (χ4n) is 2.27. The molecule has 0 amide bonds. The Kier molecular flexibility index (Phi) is 4.92. The average molecular weight is 351 g/mol. The van der Waals surface area contributed by atoms with Crippen molar-refractivity contribution in [2.75, 3.05) is 0 Å². The average Bonchev–Trinajstić information content (AvgIpc) is 3.08. The van der Waals surface area contributed by atoms with Gasteiger partial charge in [0.1, 0.15) is 0 Å². The van der Waals surface area contributed by atoms with Gasteiger partial charge < -0.3 is 9.09 Å². The summed E-state index contributed by atoms with van der Waals surface area (Å²) in [5.74, 6) is 2.67. The van der Waals surface area contributed by atoms with E-state index in [1.165, 1.54) is 0 Å². The Hall–Kier alpha value is -1.53. The van der Waals surface area contributed by atoms with Gasteiger partial charge in [-0.25, -0.2) is 4.98 Å². The van der Waals surface area contributed by atoms with Crippen LogP contribution in [0.25, 0.3) is 11.0 Å². The van der Waals surface area contributed by atoms with Gasteiger partial charge in [-0.3, -0.25) is 0 Å². The lowest BCUT2D eigenvalue weighted by Gasteiger charge is -1.99. The first kappa shape index (κ1) is 16.3. The predicted molar refractivity (Wildman–Crippen MR) is 92.7 cm³/mol. The Bertz CT molecular complexity index is 812. The van der Waals surface area contributed by atoms with Gasteiger partial charge in [0.15, 0.2) is 11.0 Å². The molecule has 0 saturated heterocycles. The van der Waals surface area contributed by atoms with Crippen molar-refractivity contribution in [2.24, 2.45) is 13.0 Å². The van der Waals surface area contributed by atoms with Gasteiger partial charge in [0.25, 0.3) is 0 Å². The molecule has 7 heteroatoms. The molecule has 0 spiro atoms. The van der Waals surface area contributed by atoms with E-state index in [0.29, 0.717) is 22.6 Å². The van der Waals surface area contributed by atoms with Crippen LogP contribution in [0.4, 0.5) is 0 Å². The molecule has 2 aromatic heterocycles. The van der Waals surface area contributed by atoms with E-state index in [-0.39, 0.29) is 0 Å². The minimum absolute atomic E-state index is 0.611. The van der Waals surface area contributed by atoms with E-state index in [1.54, 1.807) is 11.8 Å². The Balaban J connectivity index is 1.67.